The first kappa shape index (κ1) is 9.86. The first-order chi connectivity index (χ1) is 7.18. The summed E-state index contributed by atoms with van der Waals surface area (Å²) in [5.41, 5.74) is 4.54. The van der Waals surface area contributed by atoms with Gasteiger partial charge in [-0.1, -0.05) is 28.9 Å². The minimum Gasteiger partial charge on any atom is -0.316 e. The van der Waals surface area contributed by atoms with Crippen LogP contribution in [0.5, 0.6) is 0 Å². The number of fused-ring (bicyclic) bond motifs is 3. The maximum absolute atomic E-state index is 3.64. The Labute approximate surface area is 99.4 Å². The maximum Gasteiger partial charge on any atom is 0.0207 e. The van der Waals surface area contributed by atoms with Crippen LogP contribution in [0.25, 0.3) is 0 Å². The molecule has 3 atom stereocenters. The minimum absolute atomic E-state index is 0.719. The molecule has 2 heteroatoms. The van der Waals surface area contributed by atoms with Crippen molar-refractivity contribution < 1.29 is 0 Å². The summed E-state index contributed by atoms with van der Waals surface area (Å²) in [5.74, 6) is 2.31. The van der Waals surface area contributed by atoms with Gasteiger partial charge in [-0.3, -0.25) is 0 Å². The summed E-state index contributed by atoms with van der Waals surface area (Å²) in [6.07, 6.45) is 0. The van der Waals surface area contributed by atoms with Gasteiger partial charge in [-0.15, -0.1) is 0 Å². The number of aryl methyl sites for hydroxylation is 1. The molecule has 0 aromatic heterocycles. The zero-order chi connectivity index (χ0) is 10.6. The van der Waals surface area contributed by atoms with Crippen LogP contribution < -0.4 is 5.32 Å². The van der Waals surface area contributed by atoms with Crippen LogP contribution >= 0.6 is 15.9 Å². The van der Waals surface area contributed by atoms with E-state index in [2.05, 4.69) is 47.2 Å². The SMILES string of the molecule is Cc1cc2c(cc1Br)C(C)C1CNCC21. The van der Waals surface area contributed by atoms with Crippen molar-refractivity contribution in [3.8, 4) is 0 Å². The fraction of sp³-hybridized carbons (Fsp3) is 0.538. The second-order valence-corrected chi connectivity index (χ2v) is 5.80. The summed E-state index contributed by atoms with van der Waals surface area (Å²) in [5, 5.41) is 3.52. The average Bonchev–Trinajstić information content (AvgIpc) is 2.75. The molecular weight excluding hydrogens is 250 g/mol. The van der Waals surface area contributed by atoms with Crippen molar-refractivity contribution in [3.63, 3.8) is 0 Å². The third-order valence-corrected chi connectivity index (χ3v) is 5.01. The molecule has 1 aromatic rings. The molecule has 80 valence electrons. The summed E-state index contributed by atoms with van der Waals surface area (Å²) in [6.45, 7) is 6.92. The maximum atomic E-state index is 3.64. The average molecular weight is 266 g/mol. The van der Waals surface area contributed by atoms with Crippen LogP contribution in [0.15, 0.2) is 16.6 Å². The smallest absolute Gasteiger partial charge is 0.0207 e. The van der Waals surface area contributed by atoms with Crippen LogP contribution in [-0.4, -0.2) is 13.1 Å². The van der Waals surface area contributed by atoms with E-state index in [4.69, 9.17) is 0 Å². The highest BCUT2D eigenvalue weighted by Gasteiger charge is 2.41. The standard InChI is InChI=1S/C13H16BrN/c1-7-3-10-9(4-13(7)14)8(2)11-5-15-6-12(10)11/h3-4,8,11-12,15H,5-6H2,1-2H3. The van der Waals surface area contributed by atoms with Crippen LogP contribution in [0, 0.1) is 12.8 Å². The molecule has 1 N–H and O–H groups in total. The molecular formula is C13H16BrN. The van der Waals surface area contributed by atoms with Gasteiger partial charge in [0, 0.05) is 16.9 Å². The molecule has 0 spiro atoms. The lowest BCUT2D eigenvalue weighted by Crippen LogP contribution is -2.12. The van der Waals surface area contributed by atoms with E-state index in [0.717, 1.165) is 17.8 Å². The molecule has 3 unspecified atom stereocenters. The van der Waals surface area contributed by atoms with Crippen molar-refractivity contribution in [1.82, 2.24) is 5.32 Å². The van der Waals surface area contributed by atoms with Crippen molar-refractivity contribution in [1.29, 1.82) is 0 Å². The summed E-state index contributed by atoms with van der Waals surface area (Å²) >= 11 is 3.64. The lowest BCUT2D eigenvalue weighted by atomic mass is 9.91. The fourth-order valence-electron chi connectivity index (χ4n) is 3.23. The summed E-state index contributed by atoms with van der Waals surface area (Å²) < 4.78 is 1.26. The van der Waals surface area contributed by atoms with E-state index in [1.807, 2.05) is 0 Å². The number of hydrogen-bond donors (Lipinski definition) is 1. The van der Waals surface area contributed by atoms with E-state index >= 15 is 0 Å². The van der Waals surface area contributed by atoms with Gasteiger partial charge in [0.05, 0.1) is 0 Å². The Morgan fingerprint density at radius 1 is 1.27 bits per heavy atom. The normalized spacial score (nSPS) is 32.9. The molecule has 1 heterocycles. The van der Waals surface area contributed by atoms with E-state index in [-0.39, 0.29) is 0 Å². The summed E-state index contributed by atoms with van der Waals surface area (Å²) in [4.78, 5) is 0. The van der Waals surface area contributed by atoms with Gasteiger partial charge in [-0.05, 0) is 48.1 Å². The van der Waals surface area contributed by atoms with Gasteiger partial charge in [0.1, 0.15) is 0 Å². The molecule has 2 aliphatic rings. The number of halogens is 1. The topological polar surface area (TPSA) is 12.0 Å². The van der Waals surface area contributed by atoms with Crippen LogP contribution in [0.3, 0.4) is 0 Å². The van der Waals surface area contributed by atoms with E-state index in [1.165, 1.54) is 23.1 Å². The van der Waals surface area contributed by atoms with Gasteiger partial charge in [0.25, 0.3) is 0 Å². The van der Waals surface area contributed by atoms with Crippen molar-refractivity contribution in [2.24, 2.45) is 5.92 Å². The van der Waals surface area contributed by atoms with Crippen molar-refractivity contribution in [2.75, 3.05) is 13.1 Å². The predicted molar refractivity (Wildman–Crippen MR) is 66.4 cm³/mol. The number of hydrogen-bond acceptors (Lipinski definition) is 1. The van der Waals surface area contributed by atoms with Gasteiger partial charge in [0.2, 0.25) is 0 Å². The molecule has 1 fully saturated rings. The van der Waals surface area contributed by atoms with E-state index in [1.54, 1.807) is 11.1 Å². The molecule has 3 rings (SSSR count). The van der Waals surface area contributed by atoms with Gasteiger partial charge in [-0.2, -0.15) is 0 Å². The van der Waals surface area contributed by atoms with Crippen LogP contribution in [0.2, 0.25) is 0 Å². The number of benzene rings is 1. The highest BCUT2D eigenvalue weighted by atomic mass is 79.9. The second-order valence-electron chi connectivity index (χ2n) is 4.95. The van der Waals surface area contributed by atoms with E-state index < -0.39 is 0 Å². The Balaban J connectivity index is 2.15. The van der Waals surface area contributed by atoms with Gasteiger partial charge < -0.3 is 5.32 Å². The third-order valence-electron chi connectivity index (χ3n) is 4.16. The van der Waals surface area contributed by atoms with Gasteiger partial charge in [-0.25, -0.2) is 0 Å². The lowest BCUT2D eigenvalue weighted by molar-refractivity contribution is 0.487. The molecule has 0 bridgehead atoms. The number of rotatable bonds is 0. The molecule has 15 heavy (non-hydrogen) atoms. The van der Waals surface area contributed by atoms with Gasteiger partial charge in [0.15, 0.2) is 0 Å². The van der Waals surface area contributed by atoms with Crippen molar-refractivity contribution in [2.45, 2.75) is 25.7 Å². The summed E-state index contributed by atoms with van der Waals surface area (Å²) in [6, 6.07) is 4.72. The largest absolute Gasteiger partial charge is 0.316 e. The molecule has 1 aliphatic heterocycles. The first-order valence-corrected chi connectivity index (χ1v) is 6.48. The molecule has 0 radical (unpaired) electrons. The monoisotopic (exact) mass is 265 g/mol. The zero-order valence-electron chi connectivity index (χ0n) is 9.18. The Morgan fingerprint density at radius 2 is 2.07 bits per heavy atom. The Bertz CT molecular complexity index is 413. The van der Waals surface area contributed by atoms with Crippen molar-refractivity contribution >= 4 is 15.9 Å². The molecule has 0 amide bonds. The van der Waals surface area contributed by atoms with E-state index in [0.29, 0.717) is 0 Å². The molecule has 1 aromatic carbocycles. The first-order valence-electron chi connectivity index (χ1n) is 5.69. The summed E-state index contributed by atoms with van der Waals surface area (Å²) in [7, 11) is 0. The molecule has 1 nitrogen and oxygen atoms in total. The number of nitrogens with one attached hydrogen (secondary N) is 1. The van der Waals surface area contributed by atoms with Crippen LogP contribution in [-0.2, 0) is 0 Å². The Hall–Kier alpha value is -0.340. The van der Waals surface area contributed by atoms with Crippen molar-refractivity contribution in [3.05, 3.63) is 33.3 Å². The second kappa shape index (κ2) is 3.33. The highest BCUT2D eigenvalue weighted by molar-refractivity contribution is 9.10. The highest BCUT2D eigenvalue weighted by Crippen LogP contribution is 2.49. The zero-order valence-corrected chi connectivity index (χ0v) is 10.8. The third kappa shape index (κ3) is 1.31. The minimum atomic E-state index is 0.719. The molecule has 0 saturated carbocycles. The van der Waals surface area contributed by atoms with Crippen LogP contribution in [0.4, 0.5) is 0 Å². The Morgan fingerprint density at radius 3 is 2.87 bits per heavy atom. The van der Waals surface area contributed by atoms with E-state index in [9.17, 15) is 0 Å². The fourth-order valence-corrected chi connectivity index (χ4v) is 3.59. The molecule has 1 saturated heterocycles. The molecule has 1 aliphatic carbocycles. The quantitative estimate of drug-likeness (QED) is 0.760. The van der Waals surface area contributed by atoms with Crippen LogP contribution in [0.1, 0.15) is 35.4 Å². The lowest BCUT2D eigenvalue weighted by Gasteiger charge is -2.12. The Kier molecular flexibility index (Phi) is 2.18. The van der Waals surface area contributed by atoms with Gasteiger partial charge >= 0.3 is 0 Å². The predicted octanol–water partition coefficient (Wildman–Crippen LogP) is 3.18.